The Balaban J connectivity index is 3.12. The van der Waals surface area contributed by atoms with Crippen molar-refractivity contribution in [2.75, 3.05) is 0 Å². The molecule has 0 aliphatic heterocycles. The number of halogens is 1. The highest BCUT2D eigenvalue weighted by atomic mass is 35.5. The maximum absolute atomic E-state index is 5.60. The van der Waals surface area contributed by atoms with Crippen LogP contribution in [0.25, 0.3) is 6.08 Å². The third-order valence-electron chi connectivity index (χ3n) is 1.31. The second kappa shape index (κ2) is 3.49. The second-order valence-corrected chi connectivity index (χ2v) is 2.55. The van der Waals surface area contributed by atoms with Crippen molar-refractivity contribution in [1.82, 2.24) is 9.97 Å². The number of rotatable bonds is 1. The van der Waals surface area contributed by atoms with E-state index >= 15 is 0 Å². The Morgan fingerprint density at radius 3 is 2.91 bits per heavy atom. The Bertz CT molecular complexity index is 281. The summed E-state index contributed by atoms with van der Waals surface area (Å²) in [4.78, 5) is 7.87. The van der Waals surface area contributed by atoms with Crippen LogP contribution in [0.3, 0.4) is 0 Å². The third kappa shape index (κ3) is 2.02. The molecule has 11 heavy (non-hydrogen) atoms. The van der Waals surface area contributed by atoms with Crippen LogP contribution in [-0.4, -0.2) is 9.97 Å². The van der Waals surface area contributed by atoms with Gasteiger partial charge in [-0.05, 0) is 37.1 Å². The summed E-state index contributed by atoms with van der Waals surface area (Å²) < 4.78 is 0. The molecular weight excluding hydrogens is 160 g/mol. The van der Waals surface area contributed by atoms with Crippen molar-refractivity contribution in [3.05, 3.63) is 28.8 Å². The van der Waals surface area contributed by atoms with Crippen molar-refractivity contribution in [3.8, 4) is 0 Å². The van der Waals surface area contributed by atoms with Crippen molar-refractivity contribution in [1.29, 1.82) is 0 Å². The van der Waals surface area contributed by atoms with Gasteiger partial charge in [-0.3, -0.25) is 0 Å². The molecule has 1 heterocycles. The highest BCUT2D eigenvalue weighted by Gasteiger charge is 1.96. The number of hydrogen-bond donors (Lipinski definition) is 0. The lowest BCUT2D eigenvalue weighted by Gasteiger charge is -1.97. The average molecular weight is 169 g/mol. The van der Waals surface area contributed by atoms with Gasteiger partial charge in [0, 0.05) is 6.20 Å². The molecule has 1 aromatic heterocycles. The fourth-order valence-electron chi connectivity index (χ4n) is 0.759. The topological polar surface area (TPSA) is 25.8 Å². The van der Waals surface area contributed by atoms with Gasteiger partial charge in [-0.15, -0.1) is 0 Å². The van der Waals surface area contributed by atoms with Crippen molar-refractivity contribution >= 4 is 17.7 Å². The first-order chi connectivity index (χ1) is 5.24. The SMILES string of the molecule is CC=Cc1nc(Cl)ncc1C. The van der Waals surface area contributed by atoms with Crippen LogP contribution < -0.4 is 0 Å². The minimum atomic E-state index is 0.295. The molecule has 0 aliphatic rings. The zero-order valence-electron chi connectivity index (χ0n) is 6.50. The summed E-state index contributed by atoms with van der Waals surface area (Å²) in [6.07, 6.45) is 5.54. The smallest absolute Gasteiger partial charge is 0.222 e. The fraction of sp³-hybridized carbons (Fsp3) is 0.250. The molecule has 3 heteroatoms. The molecule has 1 rings (SSSR count). The lowest BCUT2D eigenvalue weighted by molar-refractivity contribution is 1.11. The summed E-state index contributed by atoms with van der Waals surface area (Å²) in [5.41, 5.74) is 1.92. The van der Waals surface area contributed by atoms with E-state index in [2.05, 4.69) is 9.97 Å². The van der Waals surface area contributed by atoms with Crippen LogP contribution in [0, 0.1) is 6.92 Å². The van der Waals surface area contributed by atoms with Crippen molar-refractivity contribution in [2.45, 2.75) is 13.8 Å². The minimum Gasteiger partial charge on any atom is -0.226 e. The van der Waals surface area contributed by atoms with Crippen LogP contribution in [-0.2, 0) is 0 Å². The number of aryl methyl sites for hydroxylation is 1. The van der Waals surface area contributed by atoms with Gasteiger partial charge in [-0.2, -0.15) is 0 Å². The number of hydrogen-bond acceptors (Lipinski definition) is 2. The van der Waals surface area contributed by atoms with E-state index in [4.69, 9.17) is 11.6 Å². The lowest BCUT2D eigenvalue weighted by Crippen LogP contribution is -1.89. The Labute approximate surface area is 70.9 Å². The maximum atomic E-state index is 5.60. The van der Waals surface area contributed by atoms with E-state index in [1.165, 1.54) is 0 Å². The zero-order chi connectivity index (χ0) is 8.27. The standard InChI is InChI=1S/C8H9ClN2/c1-3-4-7-6(2)5-10-8(9)11-7/h3-5H,1-2H3. The molecule has 0 fully saturated rings. The maximum Gasteiger partial charge on any atom is 0.222 e. The van der Waals surface area contributed by atoms with Gasteiger partial charge >= 0.3 is 0 Å². The molecule has 0 atom stereocenters. The van der Waals surface area contributed by atoms with Gasteiger partial charge in [0.1, 0.15) is 0 Å². The highest BCUT2D eigenvalue weighted by molar-refractivity contribution is 6.28. The van der Waals surface area contributed by atoms with Crippen LogP contribution in [0.15, 0.2) is 12.3 Å². The van der Waals surface area contributed by atoms with E-state index in [9.17, 15) is 0 Å². The molecule has 0 aliphatic carbocycles. The first-order valence-corrected chi connectivity index (χ1v) is 3.73. The van der Waals surface area contributed by atoms with Crippen LogP contribution in [0.2, 0.25) is 5.28 Å². The molecule has 2 nitrogen and oxygen atoms in total. The predicted molar refractivity (Wildman–Crippen MR) is 46.5 cm³/mol. The van der Waals surface area contributed by atoms with Crippen molar-refractivity contribution < 1.29 is 0 Å². The predicted octanol–water partition coefficient (Wildman–Crippen LogP) is 2.47. The van der Waals surface area contributed by atoms with Crippen LogP contribution >= 0.6 is 11.6 Å². The Kier molecular flexibility index (Phi) is 2.60. The molecule has 0 unspecified atom stereocenters. The van der Waals surface area contributed by atoms with Gasteiger partial charge in [-0.25, -0.2) is 9.97 Å². The first kappa shape index (κ1) is 8.21. The van der Waals surface area contributed by atoms with Gasteiger partial charge in [0.15, 0.2) is 0 Å². The van der Waals surface area contributed by atoms with Gasteiger partial charge < -0.3 is 0 Å². The number of aromatic nitrogens is 2. The molecular formula is C8H9ClN2. The molecule has 0 bridgehead atoms. The quantitative estimate of drug-likeness (QED) is 0.602. The van der Waals surface area contributed by atoms with Crippen LogP contribution in [0.4, 0.5) is 0 Å². The van der Waals surface area contributed by atoms with E-state index in [0.29, 0.717) is 5.28 Å². The Morgan fingerprint density at radius 1 is 1.55 bits per heavy atom. The number of allylic oxidation sites excluding steroid dienone is 1. The summed E-state index contributed by atoms with van der Waals surface area (Å²) >= 11 is 5.60. The van der Waals surface area contributed by atoms with Crippen molar-refractivity contribution in [2.24, 2.45) is 0 Å². The fourth-order valence-corrected chi connectivity index (χ4v) is 0.899. The first-order valence-electron chi connectivity index (χ1n) is 3.36. The summed E-state index contributed by atoms with van der Waals surface area (Å²) in [5, 5.41) is 0.295. The molecule has 0 saturated carbocycles. The normalized spacial score (nSPS) is 10.8. The lowest BCUT2D eigenvalue weighted by atomic mass is 10.2. The van der Waals surface area contributed by atoms with E-state index in [0.717, 1.165) is 11.3 Å². The van der Waals surface area contributed by atoms with Crippen molar-refractivity contribution in [3.63, 3.8) is 0 Å². The van der Waals surface area contributed by atoms with Gasteiger partial charge in [0.25, 0.3) is 0 Å². The third-order valence-corrected chi connectivity index (χ3v) is 1.49. The summed E-state index contributed by atoms with van der Waals surface area (Å²) in [7, 11) is 0. The summed E-state index contributed by atoms with van der Waals surface area (Å²) in [6.45, 7) is 3.89. The molecule has 0 saturated heterocycles. The molecule has 58 valence electrons. The van der Waals surface area contributed by atoms with E-state index in [-0.39, 0.29) is 0 Å². The molecule has 0 amide bonds. The summed E-state index contributed by atoms with van der Waals surface area (Å²) in [5.74, 6) is 0. The minimum absolute atomic E-state index is 0.295. The van der Waals surface area contributed by atoms with Gasteiger partial charge in [-0.1, -0.05) is 6.08 Å². The van der Waals surface area contributed by atoms with E-state index in [1.807, 2.05) is 26.0 Å². The van der Waals surface area contributed by atoms with Crippen LogP contribution in [0.5, 0.6) is 0 Å². The molecule has 0 radical (unpaired) electrons. The second-order valence-electron chi connectivity index (χ2n) is 2.21. The molecule has 1 aromatic rings. The zero-order valence-corrected chi connectivity index (χ0v) is 7.26. The Hall–Kier alpha value is -0.890. The summed E-state index contributed by atoms with van der Waals surface area (Å²) in [6, 6.07) is 0. The van der Waals surface area contributed by atoms with E-state index in [1.54, 1.807) is 6.20 Å². The molecule has 0 spiro atoms. The number of nitrogens with zero attached hydrogens (tertiary/aromatic N) is 2. The largest absolute Gasteiger partial charge is 0.226 e. The highest BCUT2D eigenvalue weighted by Crippen LogP contribution is 2.08. The molecule has 0 aromatic carbocycles. The monoisotopic (exact) mass is 168 g/mol. The Morgan fingerprint density at radius 2 is 2.27 bits per heavy atom. The van der Waals surface area contributed by atoms with Crippen LogP contribution in [0.1, 0.15) is 18.2 Å². The average Bonchev–Trinajstić information content (AvgIpc) is 1.98. The molecule has 0 N–H and O–H groups in total. The van der Waals surface area contributed by atoms with Gasteiger partial charge in [0.2, 0.25) is 5.28 Å². The van der Waals surface area contributed by atoms with Gasteiger partial charge in [0.05, 0.1) is 5.69 Å². The van der Waals surface area contributed by atoms with E-state index < -0.39 is 0 Å².